The highest BCUT2D eigenvalue weighted by Gasteiger charge is 2.38. The van der Waals surface area contributed by atoms with E-state index in [2.05, 4.69) is 31.0 Å². The van der Waals surface area contributed by atoms with E-state index in [1.54, 1.807) is 0 Å². The highest BCUT2D eigenvalue weighted by molar-refractivity contribution is 5.84. The van der Waals surface area contributed by atoms with Crippen LogP contribution < -0.4 is 11.1 Å². The molecule has 1 fully saturated rings. The predicted molar refractivity (Wildman–Crippen MR) is 70.8 cm³/mol. The second-order valence-corrected chi connectivity index (χ2v) is 5.44. The van der Waals surface area contributed by atoms with E-state index in [9.17, 15) is 4.79 Å². The number of amides is 1. The molecule has 0 radical (unpaired) electrons. The Labute approximate surface area is 105 Å². The van der Waals surface area contributed by atoms with Gasteiger partial charge in [0.25, 0.3) is 0 Å². The molecular weight excluding hydrogens is 214 g/mol. The van der Waals surface area contributed by atoms with Gasteiger partial charge in [-0.3, -0.25) is 15.0 Å². The van der Waals surface area contributed by atoms with Crippen molar-refractivity contribution in [2.75, 3.05) is 13.1 Å². The Morgan fingerprint density at radius 2 is 2.12 bits per heavy atom. The molecule has 0 spiro atoms. The average Bonchev–Trinajstić information content (AvgIpc) is 3.08. The molecule has 2 atom stereocenters. The van der Waals surface area contributed by atoms with Gasteiger partial charge in [-0.25, -0.2) is 0 Å². The lowest BCUT2D eigenvalue weighted by molar-refractivity contribution is -0.124. The van der Waals surface area contributed by atoms with Crippen molar-refractivity contribution >= 4 is 5.91 Å². The highest BCUT2D eigenvalue weighted by Crippen LogP contribution is 2.23. The van der Waals surface area contributed by atoms with Gasteiger partial charge in [0.15, 0.2) is 0 Å². The van der Waals surface area contributed by atoms with Gasteiger partial charge in [0, 0.05) is 18.6 Å². The maximum absolute atomic E-state index is 11.7. The SMILES string of the molecule is CCC(C)N(CC)CC(C)(NC1CC1)C(N)=O. The number of hydrogen-bond acceptors (Lipinski definition) is 3. The molecule has 4 heteroatoms. The molecule has 4 nitrogen and oxygen atoms in total. The third kappa shape index (κ3) is 3.96. The first-order chi connectivity index (χ1) is 7.92. The first kappa shape index (κ1) is 14.5. The third-order valence-corrected chi connectivity index (χ3v) is 3.78. The van der Waals surface area contributed by atoms with Crippen molar-refractivity contribution in [1.82, 2.24) is 10.2 Å². The smallest absolute Gasteiger partial charge is 0.238 e. The second kappa shape index (κ2) is 5.83. The molecule has 0 heterocycles. The fourth-order valence-corrected chi connectivity index (χ4v) is 2.12. The van der Waals surface area contributed by atoms with Gasteiger partial charge in [0.05, 0.1) is 0 Å². The molecule has 0 aromatic rings. The summed E-state index contributed by atoms with van der Waals surface area (Å²) in [6.45, 7) is 10.1. The summed E-state index contributed by atoms with van der Waals surface area (Å²) >= 11 is 0. The van der Waals surface area contributed by atoms with Crippen LogP contribution in [0.3, 0.4) is 0 Å². The zero-order chi connectivity index (χ0) is 13.1. The lowest BCUT2D eigenvalue weighted by Gasteiger charge is -2.36. The van der Waals surface area contributed by atoms with Gasteiger partial charge in [0.1, 0.15) is 5.54 Å². The Bertz CT molecular complexity index is 265. The van der Waals surface area contributed by atoms with Crippen LogP contribution in [-0.2, 0) is 4.79 Å². The Morgan fingerprint density at radius 1 is 1.53 bits per heavy atom. The van der Waals surface area contributed by atoms with E-state index in [-0.39, 0.29) is 5.91 Å². The number of rotatable bonds is 8. The summed E-state index contributed by atoms with van der Waals surface area (Å²) in [6.07, 6.45) is 3.42. The lowest BCUT2D eigenvalue weighted by atomic mass is 9.99. The lowest BCUT2D eigenvalue weighted by Crippen LogP contribution is -2.61. The maximum Gasteiger partial charge on any atom is 0.238 e. The highest BCUT2D eigenvalue weighted by atomic mass is 16.1. The molecule has 17 heavy (non-hydrogen) atoms. The van der Waals surface area contributed by atoms with Crippen molar-refractivity contribution in [3.05, 3.63) is 0 Å². The van der Waals surface area contributed by atoms with Crippen molar-refractivity contribution in [2.24, 2.45) is 5.73 Å². The summed E-state index contributed by atoms with van der Waals surface area (Å²) in [6, 6.07) is 0.975. The fourth-order valence-electron chi connectivity index (χ4n) is 2.12. The molecule has 0 bridgehead atoms. The molecule has 1 aliphatic carbocycles. The largest absolute Gasteiger partial charge is 0.368 e. The molecule has 1 aliphatic rings. The first-order valence-electron chi connectivity index (χ1n) is 6.74. The first-order valence-corrected chi connectivity index (χ1v) is 6.74. The van der Waals surface area contributed by atoms with Crippen molar-refractivity contribution in [2.45, 2.75) is 64.6 Å². The van der Waals surface area contributed by atoms with Crippen molar-refractivity contribution in [1.29, 1.82) is 0 Å². The van der Waals surface area contributed by atoms with Crippen LogP contribution in [0.15, 0.2) is 0 Å². The molecular formula is C13H27N3O. The molecule has 3 N–H and O–H groups in total. The zero-order valence-corrected chi connectivity index (χ0v) is 11.6. The van der Waals surface area contributed by atoms with Crippen LogP contribution in [0, 0.1) is 0 Å². The summed E-state index contributed by atoms with van der Waals surface area (Å²) in [5.41, 5.74) is 4.97. The Balaban J connectivity index is 2.65. The van der Waals surface area contributed by atoms with Gasteiger partial charge in [0.2, 0.25) is 5.91 Å². The summed E-state index contributed by atoms with van der Waals surface area (Å²) in [7, 11) is 0. The van der Waals surface area contributed by atoms with Crippen LogP contribution in [0.2, 0.25) is 0 Å². The Hall–Kier alpha value is -0.610. The normalized spacial score (nSPS) is 21.2. The summed E-state index contributed by atoms with van der Waals surface area (Å²) in [5.74, 6) is -0.244. The van der Waals surface area contributed by atoms with Gasteiger partial charge in [-0.2, -0.15) is 0 Å². The van der Waals surface area contributed by atoms with Crippen LogP contribution in [0.25, 0.3) is 0 Å². The van der Waals surface area contributed by atoms with Gasteiger partial charge in [-0.15, -0.1) is 0 Å². The van der Waals surface area contributed by atoms with E-state index in [1.165, 1.54) is 12.8 Å². The number of hydrogen-bond donors (Lipinski definition) is 2. The standard InChI is InChI=1S/C13H27N3O/c1-5-10(3)16(6-2)9-13(4,12(14)17)15-11-7-8-11/h10-11,15H,5-9H2,1-4H3,(H2,14,17). The minimum atomic E-state index is -0.597. The third-order valence-electron chi connectivity index (χ3n) is 3.78. The zero-order valence-electron chi connectivity index (χ0n) is 11.6. The van der Waals surface area contributed by atoms with Gasteiger partial charge in [-0.05, 0) is 39.7 Å². The van der Waals surface area contributed by atoms with Crippen molar-refractivity contribution in [3.8, 4) is 0 Å². The van der Waals surface area contributed by atoms with Crippen molar-refractivity contribution < 1.29 is 4.79 Å². The van der Waals surface area contributed by atoms with E-state index < -0.39 is 5.54 Å². The number of nitrogens with one attached hydrogen (secondary N) is 1. The molecule has 1 saturated carbocycles. The fraction of sp³-hybridized carbons (Fsp3) is 0.923. The maximum atomic E-state index is 11.7. The van der Waals surface area contributed by atoms with E-state index >= 15 is 0 Å². The van der Waals surface area contributed by atoms with E-state index in [4.69, 9.17) is 5.73 Å². The molecule has 0 aliphatic heterocycles. The van der Waals surface area contributed by atoms with Gasteiger partial charge >= 0.3 is 0 Å². The van der Waals surface area contributed by atoms with Crippen LogP contribution in [0.1, 0.15) is 47.0 Å². The quantitative estimate of drug-likeness (QED) is 0.669. The molecule has 2 unspecified atom stereocenters. The van der Waals surface area contributed by atoms with Crippen LogP contribution in [0.5, 0.6) is 0 Å². The molecule has 0 aromatic carbocycles. The van der Waals surface area contributed by atoms with E-state index in [1.807, 2.05) is 6.92 Å². The minimum Gasteiger partial charge on any atom is -0.368 e. The van der Waals surface area contributed by atoms with E-state index in [0.717, 1.165) is 13.0 Å². The molecule has 1 amide bonds. The second-order valence-electron chi connectivity index (χ2n) is 5.44. The van der Waals surface area contributed by atoms with Crippen LogP contribution >= 0.6 is 0 Å². The summed E-state index contributed by atoms with van der Waals surface area (Å²) < 4.78 is 0. The molecule has 100 valence electrons. The van der Waals surface area contributed by atoms with Crippen LogP contribution in [0.4, 0.5) is 0 Å². The summed E-state index contributed by atoms with van der Waals surface area (Å²) in [5, 5.41) is 3.39. The number of primary amides is 1. The number of carbonyl (C=O) groups excluding carboxylic acids is 1. The topological polar surface area (TPSA) is 58.4 Å². The molecule has 0 aromatic heterocycles. The number of nitrogens with zero attached hydrogens (tertiary/aromatic N) is 1. The Kier molecular flexibility index (Phi) is 4.95. The van der Waals surface area contributed by atoms with Gasteiger partial charge < -0.3 is 5.73 Å². The Morgan fingerprint density at radius 3 is 2.47 bits per heavy atom. The van der Waals surface area contributed by atoms with Gasteiger partial charge in [-0.1, -0.05) is 13.8 Å². The minimum absolute atomic E-state index is 0.244. The van der Waals surface area contributed by atoms with Crippen molar-refractivity contribution in [3.63, 3.8) is 0 Å². The molecule has 0 saturated heterocycles. The van der Waals surface area contributed by atoms with E-state index in [0.29, 0.717) is 18.6 Å². The number of likely N-dealkylation sites (N-methyl/N-ethyl adjacent to an activating group) is 1. The number of carbonyl (C=O) groups is 1. The summed E-state index contributed by atoms with van der Waals surface area (Å²) in [4.78, 5) is 14.0. The van der Waals surface area contributed by atoms with Crippen LogP contribution in [-0.4, -0.2) is 41.5 Å². The average molecular weight is 241 g/mol. The monoisotopic (exact) mass is 241 g/mol. The number of nitrogens with two attached hydrogens (primary N) is 1. The molecule has 1 rings (SSSR count). The predicted octanol–water partition coefficient (Wildman–Crippen LogP) is 1.10.